The molecule has 1 saturated heterocycles. The maximum absolute atomic E-state index is 12.2. The van der Waals surface area contributed by atoms with Crippen molar-refractivity contribution in [1.29, 1.82) is 0 Å². The van der Waals surface area contributed by atoms with Crippen molar-refractivity contribution in [3.8, 4) is 0 Å². The minimum absolute atomic E-state index is 0.0307. The van der Waals surface area contributed by atoms with Gasteiger partial charge in [-0.1, -0.05) is 55.3 Å². The van der Waals surface area contributed by atoms with Gasteiger partial charge in [0.05, 0.1) is 13.0 Å². The highest BCUT2D eigenvalue weighted by molar-refractivity contribution is 5.91. The van der Waals surface area contributed by atoms with Crippen LogP contribution in [-0.2, 0) is 16.0 Å². The summed E-state index contributed by atoms with van der Waals surface area (Å²) >= 11 is 0. The lowest BCUT2D eigenvalue weighted by Crippen LogP contribution is -2.41. The van der Waals surface area contributed by atoms with Crippen molar-refractivity contribution in [3.63, 3.8) is 0 Å². The number of hydrogen-bond acceptors (Lipinski definition) is 2. The molecule has 0 aromatic heterocycles. The summed E-state index contributed by atoms with van der Waals surface area (Å²) in [6.07, 6.45) is 4.81. The van der Waals surface area contributed by atoms with Gasteiger partial charge in [-0.25, -0.2) is 0 Å². The topological polar surface area (TPSA) is 49.4 Å². The van der Waals surface area contributed by atoms with Gasteiger partial charge in [-0.2, -0.15) is 0 Å². The molecule has 1 N–H and O–H groups in total. The van der Waals surface area contributed by atoms with E-state index in [-0.39, 0.29) is 18.4 Å². The SMILES string of the molecule is O=C(Cc1cccc2ccccc12)NCC(=O)N1CCCCCC1. The molecule has 4 nitrogen and oxygen atoms in total. The summed E-state index contributed by atoms with van der Waals surface area (Å²) in [4.78, 5) is 26.3. The van der Waals surface area contributed by atoms with E-state index in [2.05, 4.69) is 5.32 Å². The van der Waals surface area contributed by atoms with Gasteiger partial charge in [-0.3, -0.25) is 9.59 Å². The van der Waals surface area contributed by atoms with Crippen LogP contribution in [0, 0.1) is 0 Å². The highest BCUT2D eigenvalue weighted by Gasteiger charge is 2.16. The van der Waals surface area contributed by atoms with Crippen LogP contribution in [0.2, 0.25) is 0 Å². The molecule has 0 aliphatic carbocycles. The minimum Gasteiger partial charge on any atom is -0.347 e. The number of amides is 2. The van der Waals surface area contributed by atoms with Crippen molar-refractivity contribution in [3.05, 3.63) is 48.0 Å². The molecule has 1 aliphatic heterocycles. The Bertz CT molecular complexity index is 713. The van der Waals surface area contributed by atoms with Crippen LogP contribution in [0.15, 0.2) is 42.5 Å². The highest BCUT2D eigenvalue weighted by Crippen LogP contribution is 2.18. The largest absolute Gasteiger partial charge is 0.347 e. The third-order valence-corrected chi connectivity index (χ3v) is 4.63. The van der Waals surface area contributed by atoms with Crippen LogP contribution in [0.25, 0.3) is 10.8 Å². The summed E-state index contributed by atoms with van der Waals surface area (Å²) in [6.45, 7) is 1.74. The third-order valence-electron chi connectivity index (χ3n) is 4.63. The molecule has 3 rings (SSSR count). The van der Waals surface area contributed by atoms with Gasteiger partial charge in [0.15, 0.2) is 0 Å². The van der Waals surface area contributed by atoms with Crippen LogP contribution in [-0.4, -0.2) is 36.3 Å². The van der Waals surface area contributed by atoms with E-state index >= 15 is 0 Å². The van der Waals surface area contributed by atoms with E-state index < -0.39 is 0 Å². The lowest BCUT2D eigenvalue weighted by Gasteiger charge is -2.20. The van der Waals surface area contributed by atoms with Gasteiger partial charge in [0.1, 0.15) is 0 Å². The Morgan fingerprint density at radius 3 is 2.42 bits per heavy atom. The smallest absolute Gasteiger partial charge is 0.241 e. The number of likely N-dealkylation sites (tertiary alicyclic amines) is 1. The zero-order valence-corrected chi connectivity index (χ0v) is 14.0. The minimum atomic E-state index is -0.102. The van der Waals surface area contributed by atoms with Crippen LogP contribution < -0.4 is 5.32 Å². The van der Waals surface area contributed by atoms with E-state index in [9.17, 15) is 9.59 Å². The molecule has 0 unspecified atom stereocenters. The molecular weight excluding hydrogens is 300 g/mol. The molecule has 0 saturated carbocycles. The fraction of sp³-hybridized carbons (Fsp3) is 0.400. The van der Waals surface area contributed by atoms with E-state index in [1.807, 2.05) is 47.4 Å². The average Bonchev–Trinajstić information content (AvgIpc) is 2.89. The van der Waals surface area contributed by atoms with Gasteiger partial charge in [0.25, 0.3) is 0 Å². The van der Waals surface area contributed by atoms with Crippen molar-refractivity contribution in [2.75, 3.05) is 19.6 Å². The van der Waals surface area contributed by atoms with E-state index in [0.717, 1.165) is 42.3 Å². The van der Waals surface area contributed by atoms with E-state index in [1.165, 1.54) is 12.8 Å². The van der Waals surface area contributed by atoms with Crippen LogP contribution in [0.1, 0.15) is 31.2 Å². The van der Waals surface area contributed by atoms with Crippen molar-refractivity contribution in [2.45, 2.75) is 32.1 Å². The Kier molecular flexibility index (Phi) is 5.47. The number of carbonyl (C=O) groups is 2. The second kappa shape index (κ2) is 7.95. The molecule has 2 aromatic carbocycles. The Morgan fingerprint density at radius 1 is 0.917 bits per heavy atom. The van der Waals surface area contributed by atoms with Crippen LogP contribution in [0.4, 0.5) is 0 Å². The quantitative estimate of drug-likeness (QED) is 0.940. The van der Waals surface area contributed by atoms with Gasteiger partial charge in [-0.05, 0) is 29.2 Å². The lowest BCUT2D eigenvalue weighted by atomic mass is 10.0. The molecule has 1 heterocycles. The fourth-order valence-electron chi connectivity index (χ4n) is 3.29. The van der Waals surface area contributed by atoms with E-state index in [1.54, 1.807) is 0 Å². The van der Waals surface area contributed by atoms with Gasteiger partial charge < -0.3 is 10.2 Å². The van der Waals surface area contributed by atoms with Gasteiger partial charge >= 0.3 is 0 Å². The summed E-state index contributed by atoms with van der Waals surface area (Å²) in [5.41, 5.74) is 0.993. The standard InChI is InChI=1S/C20H24N2O2/c23-19(21-15-20(24)22-12-5-1-2-6-13-22)14-17-10-7-9-16-8-3-4-11-18(16)17/h3-4,7-11H,1-2,5-6,12-15H2,(H,21,23). The summed E-state index contributed by atoms with van der Waals surface area (Å²) in [7, 11) is 0. The van der Waals surface area contributed by atoms with Crippen LogP contribution in [0.5, 0.6) is 0 Å². The lowest BCUT2D eigenvalue weighted by molar-refractivity contribution is -0.132. The molecule has 0 atom stereocenters. The Hall–Kier alpha value is -2.36. The van der Waals surface area contributed by atoms with Gasteiger partial charge in [-0.15, -0.1) is 0 Å². The van der Waals surface area contributed by atoms with Crippen molar-refractivity contribution in [1.82, 2.24) is 10.2 Å². The molecule has 24 heavy (non-hydrogen) atoms. The Balaban J connectivity index is 1.56. The summed E-state index contributed by atoms with van der Waals surface area (Å²) in [5, 5.41) is 5.00. The summed E-state index contributed by atoms with van der Waals surface area (Å²) in [6, 6.07) is 14.0. The zero-order chi connectivity index (χ0) is 16.8. The number of fused-ring (bicyclic) bond motifs is 1. The van der Waals surface area contributed by atoms with Crippen LogP contribution in [0.3, 0.4) is 0 Å². The van der Waals surface area contributed by atoms with E-state index in [0.29, 0.717) is 6.42 Å². The fourth-order valence-corrected chi connectivity index (χ4v) is 3.29. The third kappa shape index (κ3) is 4.13. The predicted octanol–water partition coefficient (Wildman–Crippen LogP) is 2.90. The Morgan fingerprint density at radius 2 is 1.62 bits per heavy atom. The molecule has 0 bridgehead atoms. The molecule has 2 amide bonds. The highest BCUT2D eigenvalue weighted by atomic mass is 16.2. The first-order chi connectivity index (χ1) is 11.7. The molecule has 1 aliphatic rings. The second-order valence-corrected chi connectivity index (χ2v) is 6.39. The second-order valence-electron chi connectivity index (χ2n) is 6.39. The predicted molar refractivity (Wildman–Crippen MR) is 95.7 cm³/mol. The monoisotopic (exact) mass is 324 g/mol. The molecule has 0 radical (unpaired) electrons. The van der Waals surface area contributed by atoms with Crippen molar-refractivity contribution >= 4 is 22.6 Å². The normalized spacial score (nSPS) is 15.1. The summed E-state index contributed by atoms with van der Waals surface area (Å²) in [5.74, 6) is -0.0716. The molecule has 0 spiro atoms. The number of rotatable bonds is 4. The number of carbonyl (C=O) groups excluding carboxylic acids is 2. The molecule has 4 heteroatoms. The first kappa shape index (κ1) is 16.5. The number of nitrogens with one attached hydrogen (secondary N) is 1. The first-order valence-electron chi connectivity index (χ1n) is 8.75. The maximum atomic E-state index is 12.2. The maximum Gasteiger partial charge on any atom is 0.241 e. The van der Waals surface area contributed by atoms with Crippen LogP contribution >= 0.6 is 0 Å². The summed E-state index contributed by atoms with van der Waals surface area (Å²) < 4.78 is 0. The van der Waals surface area contributed by atoms with Crippen molar-refractivity contribution < 1.29 is 9.59 Å². The number of hydrogen-bond donors (Lipinski definition) is 1. The number of benzene rings is 2. The zero-order valence-electron chi connectivity index (χ0n) is 14.0. The average molecular weight is 324 g/mol. The first-order valence-corrected chi connectivity index (χ1v) is 8.75. The van der Waals surface area contributed by atoms with E-state index in [4.69, 9.17) is 0 Å². The Labute approximate surface area is 142 Å². The molecule has 1 fully saturated rings. The van der Waals surface area contributed by atoms with Gasteiger partial charge in [0.2, 0.25) is 11.8 Å². The molecular formula is C20H24N2O2. The molecule has 2 aromatic rings. The molecule has 126 valence electrons. The number of nitrogens with zero attached hydrogens (tertiary/aromatic N) is 1. The van der Waals surface area contributed by atoms with Gasteiger partial charge in [0, 0.05) is 13.1 Å². The van der Waals surface area contributed by atoms with Crippen molar-refractivity contribution in [2.24, 2.45) is 0 Å².